The second-order valence-corrected chi connectivity index (χ2v) is 10.3. The van der Waals surface area contributed by atoms with Crippen LogP contribution >= 0.6 is 0 Å². The lowest BCUT2D eigenvalue weighted by Gasteiger charge is -2.48. The Bertz CT molecular complexity index is 642. The van der Waals surface area contributed by atoms with E-state index in [0.717, 1.165) is 63.4 Å². The molecular formula is C25H42O5. The molecule has 1 unspecified atom stereocenters. The van der Waals surface area contributed by atoms with E-state index >= 15 is 0 Å². The van der Waals surface area contributed by atoms with Gasteiger partial charge in [-0.1, -0.05) is 32.1 Å². The summed E-state index contributed by atoms with van der Waals surface area (Å²) in [6.07, 6.45) is 10.0. The zero-order valence-corrected chi connectivity index (χ0v) is 19.9. The van der Waals surface area contributed by atoms with Crippen molar-refractivity contribution in [2.45, 2.75) is 110 Å². The molecule has 0 amide bonds. The maximum Gasteiger partial charge on any atom is 0.311 e. The smallest absolute Gasteiger partial charge is 0.311 e. The van der Waals surface area contributed by atoms with Gasteiger partial charge in [0.1, 0.15) is 11.7 Å². The molecule has 1 saturated carbocycles. The third kappa shape index (κ3) is 5.74. The maximum atomic E-state index is 11.7. The van der Waals surface area contributed by atoms with E-state index in [1.807, 2.05) is 6.92 Å². The van der Waals surface area contributed by atoms with Crippen LogP contribution in [0.15, 0.2) is 23.8 Å². The summed E-state index contributed by atoms with van der Waals surface area (Å²) in [6, 6.07) is 0. The third-order valence-corrected chi connectivity index (χ3v) is 7.49. The van der Waals surface area contributed by atoms with Crippen molar-refractivity contribution in [1.82, 2.24) is 0 Å². The minimum Gasteiger partial charge on any atom is -0.469 e. The number of allylic oxidation sites excluding steroid dienone is 2. The minimum absolute atomic E-state index is 0.124. The second-order valence-electron chi connectivity index (χ2n) is 10.3. The fraction of sp³-hybridized carbons (Fsp3) is 0.800. The van der Waals surface area contributed by atoms with Gasteiger partial charge in [-0.2, -0.15) is 0 Å². The van der Waals surface area contributed by atoms with Crippen LogP contribution in [0.5, 0.6) is 0 Å². The van der Waals surface area contributed by atoms with E-state index in [0.29, 0.717) is 0 Å². The summed E-state index contributed by atoms with van der Waals surface area (Å²) in [7, 11) is 1.39. The van der Waals surface area contributed by atoms with Gasteiger partial charge in [0.2, 0.25) is 0 Å². The number of hydrogen-bond acceptors (Lipinski definition) is 5. The first-order valence-corrected chi connectivity index (χ1v) is 11.4. The van der Waals surface area contributed by atoms with E-state index in [4.69, 9.17) is 14.5 Å². The van der Waals surface area contributed by atoms with Crippen molar-refractivity contribution < 1.29 is 24.4 Å². The van der Waals surface area contributed by atoms with Gasteiger partial charge in [-0.05, 0) is 89.5 Å². The summed E-state index contributed by atoms with van der Waals surface area (Å²) in [6.45, 7) is 14.5. The molecule has 5 heteroatoms. The third-order valence-electron chi connectivity index (χ3n) is 7.49. The standard InChI is InChI=1S/C25H42O5/c1-18(12-17-25(27)19(2)11-9-14-23(25,4)5)10-8-15-24(6)16-13-21(29-30-24)20(3)22(26)28-7/h10,20-21,27H,2,8-9,11-17H2,1,3-7H3/b18-10+/t20-,21-,24-,25?/m1/s1. The Morgan fingerprint density at radius 2 is 2.03 bits per heavy atom. The molecule has 4 atom stereocenters. The quantitative estimate of drug-likeness (QED) is 0.310. The topological polar surface area (TPSA) is 65.0 Å². The predicted molar refractivity (Wildman–Crippen MR) is 119 cm³/mol. The molecule has 1 aliphatic carbocycles. The molecule has 172 valence electrons. The first kappa shape index (κ1) is 25.1. The number of rotatable bonds is 8. The van der Waals surface area contributed by atoms with Crippen molar-refractivity contribution in [2.75, 3.05) is 7.11 Å². The van der Waals surface area contributed by atoms with Gasteiger partial charge in [0.05, 0.1) is 18.6 Å². The number of esters is 1. The van der Waals surface area contributed by atoms with E-state index in [-0.39, 0.29) is 29.0 Å². The van der Waals surface area contributed by atoms with Crippen LogP contribution in [0.1, 0.15) is 92.4 Å². The van der Waals surface area contributed by atoms with Gasteiger partial charge in [-0.25, -0.2) is 9.78 Å². The molecule has 0 aromatic carbocycles. The Balaban J connectivity index is 1.81. The Morgan fingerprint density at radius 1 is 1.33 bits per heavy atom. The molecular weight excluding hydrogens is 380 g/mol. The average Bonchev–Trinajstić information content (AvgIpc) is 2.70. The Morgan fingerprint density at radius 3 is 2.60 bits per heavy atom. The summed E-state index contributed by atoms with van der Waals surface area (Å²) in [4.78, 5) is 22.9. The molecule has 0 bridgehead atoms. The normalized spacial score (nSPS) is 33.2. The summed E-state index contributed by atoms with van der Waals surface area (Å²) < 4.78 is 4.80. The lowest BCUT2D eigenvalue weighted by molar-refractivity contribution is -0.411. The Hall–Kier alpha value is -1.17. The van der Waals surface area contributed by atoms with Crippen molar-refractivity contribution in [2.24, 2.45) is 11.3 Å². The van der Waals surface area contributed by atoms with Crippen LogP contribution in [0.25, 0.3) is 0 Å². The predicted octanol–water partition coefficient (Wildman–Crippen LogP) is 5.67. The van der Waals surface area contributed by atoms with Crippen molar-refractivity contribution in [1.29, 1.82) is 0 Å². The van der Waals surface area contributed by atoms with Crippen LogP contribution in [0.4, 0.5) is 0 Å². The van der Waals surface area contributed by atoms with Gasteiger partial charge in [0, 0.05) is 0 Å². The van der Waals surface area contributed by atoms with E-state index in [2.05, 4.69) is 40.3 Å². The maximum absolute atomic E-state index is 11.7. The Kier molecular flexibility index (Phi) is 8.34. The zero-order chi connectivity index (χ0) is 22.6. The van der Waals surface area contributed by atoms with Crippen molar-refractivity contribution in [3.8, 4) is 0 Å². The molecule has 1 aliphatic heterocycles. The minimum atomic E-state index is -0.780. The number of hydrogen-bond donors (Lipinski definition) is 1. The van der Waals surface area contributed by atoms with Crippen LogP contribution in [0.2, 0.25) is 0 Å². The summed E-state index contributed by atoms with van der Waals surface area (Å²) in [5, 5.41) is 11.3. The second kappa shape index (κ2) is 9.97. The van der Waals surface area contributed by atoms with Crippen molar-refractivity contribution in [3.05, 3.63) is 23.8 Å². The molecule has 5 nitrogen and oxygen atoms in total. The van der Waals surface area contributed by atoms with Crippen LogP contribution in [-0.2, 0) is 19.3 Å². The monoisotopic (exact) mass is 422 g/mol. The van der Waals surface area contributed by atoms with Gasteiger partial charge in [-0.15, -0.1) is 0 Å². The summed E-state index contributed by atoms with van der Waals surface area (Å²) in [5.41, 5.74) is 1.03. The van der Waals surface area contributed by atoms with Gasteiger partial charge >= 0.3 is 5.97 Å². The molecule has 1 N–H and O–H groups in total. The first-order valence-electron chi connectivity index (χ1n) is 11.4. The largest absolute Gasteiger partial charge is 0.469 e. The SMILES string of the molecule is C=C1CCCC(C)(C)C1(O)CC/C(C)=C/CC[C@]1(C)CC[C@H]([C@@H](C)C(=O)OC)OO1. The fourth-order valence-electron chi connectivity index (χ4n) is 4.81. The zero-order valence-electron chi connectivity index (χ0n) is 19.9. The van der Waals surface area contributed by atoms with Gasteiger partial charge in [0.15, 0.2) is 0 Å². The first-order chi connectivity index (χ1) is 13.9. The van der Waals surface area contributed by atoms with Crippen LogP contribution < -0.4 is 0 Å². The molecule has 1 heterocycles. The number of carbonyl (C=O) groups is 1. The average molecular weight is 423 g/mol. The highest BCUT2D eigenvalue weighted by atomic mass is 17.2. The summed E-state index contributed by atoms with van der Waals surface area (Å²) >= 11 is 0. The molecule has 2 rings (SSSR count). The van der Waals surface area contributed by atoms with Crippen LogP contribution in [-0.4, -0.2) is 35.5 Å². The molecule has 0 aromatic heterocycles. The highest BCUT2D eigenvalue weighted by Gasteiger charge is 2.47. The van der Waals surface area contributed by atoms with Gasteiger partial charge in [0.25, 0.3) is 0 Å². The highest BCUT2D eigenvalue weighted by Crippen LogP contribution is 2.49. The van der Waals surface area contributed by atoms with Crippen LogP contribution in [0, 0.1) is 11.3 Å². The molecule has 30 heavy (non-hydrogen) atoms. The number of aliphatic hydroxyl groups is 1. The van der Waals surface area contributed by atoms with Crippen molar-refractivity contribution in [3.63, 3.8) is 0 Å². The van der Waals surface area contributed by atoms with Gasteiger partial charge < -0.3 is 9.84 Å². The highest BCUT2D eigenvalue weighted by molar-refractivity contribution is 5.72. The molecule has 1 saturated heterocycles. The molecule has 0 radical (unpaired) electrons. The molecule has 0 aromatic rings. The van der Waals surface area contributed by atoms with E-state index in [1.165, 1.54) is 12.7 Å². The molecule has 0 spiro atoms. The Labute approximate surface area is 182 Å². The van der Waals surface area contributed by atoms with E-state index in [9.17, 15) is 9.90 Å². The molecule has 2 aliphatic rings. The van der Waals surface area contributed by atoms with E-state index in [1.54, 1.807) is 0 Å². The number of methoxy groups -OCH3 is 1. The number of ether oxygens (including phenoxy) is 1. The van der Waals surface area contributed by atoms with E-state index < -0.39 is 5.60 Å². The van der Waals surface area contributed by atoms with Crippen molar-refractivity contribution >= 4 is 5.97 Å². The van der Waals surface area contributed by atoms with Gasteiger partial charge in [-0.3, -0.25) is 4.79 Å². The summed E-state index contributed by atoms with van der Waals surface area (Å²) in [5.74, 6) is -0.595. The lowest BCUT2D eigenvalue weighted by Crippen LogP contribution is -2.48. The lowest BCUT2D eigenvalue weighted by atomic mass is 9.61. The number of carbonyl (C=O) groups excluding carboxylic acids is 1. The molecule has 2 fully saturated rings. The van der Waals surface area contributed by atoms with Crippen LogP contribution in [0.3, 0.4) is 0 Å². The fourth-order valence-corrected chi connectivity index (χ4v) is 4.81.